The van der Waals surface area contributed by atoms with Crippen LogP contribution < -0.4 is 5.32 Å². The Hall–Kier alpha value is -3.40. The number of benzene rings is 2. The number of anilines is 1. The number of aryl methyl sites for hydroxylation is 2. The van der Waals surface area contributed by atoms with E-state index in [1.807, 2.05) is 17.5 Å². The Labute approximate surface area is 201 Å². The van der Waals surface area contributed by atoms with E-state index in [4.69, 9.17) is 16.3 Å². The van der Waals surface area contributed by atoms with Crippen LogP contribution in [-0.4, -0.2) is 19.0 Å². The van der Waals surface area contributed by atoms with Crippen LogP contribution in [0, 0.1) is 11.3 Å². The molecule has 1 aliphatic rings. The zero-order valence-electron chi connectivity index (χ0n) is 18.0. The number of hydrogen-bond acceptors (Lipinski definition) is 5. The van der Waals surface area contributed by atoms with Crippen molar-refractivity contribution >= 4 is 45.9 Å². The number of carbonyl (C=O) groups is 2. The average molecular weight is 477 g/mol. The first-order valence-corrected chi connectivity index (χ1v) is 11.8. The van der Waals surface area contributed by atoms with Crippen molar-refractivity contribution in [2.45, 2.75) is 25.7 Å². The molecule has 1 heterocycles. The van der Waals surface area contributed by atoms with Crippen molar-refractivity contribution < 1.29 is 14.3 Å². The topological polar surface area (TPSA) is 79.2 Å². The van der Waals surface area contributed by atoms with E-state index in [1.165, 1.54) is 42.1 Å². The van der Waals surface area contributed by atoms with E-state index in [9.17, 15) is 14.9 Å². The lowest BCUT2D eigenvalue weighted by molar-refractivity contribution is -0.112. The molecule has 0 aliphatic heterocycles. The molecule has 0 saturated heterocycles. The van der Waals surface area contributed by atoms with Crippen molar-refractivity contribution in [1.82, 2.24) is 0 Å². The van der Waals surface area contributed by atoms with Gasteiger partial charge in [0.1, 0.15) is 22.2 Å². The molecular formula is C26H21ClN2O3S. The minimum Gasteiger partial charge on any atom is -0.465 e. The Morgan fingerprint density at radius 2 is 1.85 bits per heavy atom. The van der Waals surface area contributed by atoms with Gasteiger partial charge in [-0.3, -0.25) is 4.79 Å². The van der Waals surface area contributed by atoms with Gasteiger partial charge in [0, 0.05) is 16.0 Å². The monoisotopic (exact) mass is 476 g/mol. The van der Waals surface area contributed by atoms with Crippen LogP contribution in [0.3, 0.4) is 0 Å². The van der Waals surface area contributed by atoms with Crippen molar-refractivity contribution in [3.63, 3.8) is 0 Å². The zero-order chi connectivity index (χ0) is 23.4. The highest BCUT2D eigenvalue weighted by Gasteiger charge is 2.24. The first kappa shape index (κ1) is 22.8. The van der Waals surface area contributed by atoms with E-state index in [2.05, 4.69) is 17.4 Å². The second-order valence-electron chi connectivity index (χ2n) is 7.71. The molecule has 3 aromatic rings. The van der Waals surface area contributed by atoms with E-state index in [1.54, 1.807) is 24.3 Å². The van der Waals surface area contributed by atoms with Gasteiger partial charge in [-0.1, -0.05) is 41.9 Å². The lowest BCUT2D eigenvalue weighted by atomic mass is 9.89. The van der Waals surface area contributed by atoms with Crippen molar-refractivity contribution in [2.24, 2.45) is 0 Å². The highest BCUT2D eigenvalue weighted by Crippen LogP contribution is 2.38. The van der Waals surface area contributed by atoms with E-state index in [0.717, 1.165) is 24.8 Å². The molecule has 0 spiro atoms. The maximum absolute atomic E-state index is 12.8. The average Bonchev–Trinajstić information content (AvgIpc) is 3.26. The van der Waals surface area contributed by atoms with Gasteiger partial charge in [0.05, 0.1) is 7.11 Å². The molecule has 0 atom stereocenters. The van der Waals surface area contributed by atoms with Crippen molar-refractivity contribution in [2.75, 3.05) is 12.4 Å². The zero-order valence-corrected chi connectivity index (χ0v) is 19.6. The number of nitriles is 1. The number of methoxy groups -OCH3 is 1. The summed E-state index contributed by atoms with van der Waals surface area (Å²) in [5, 5.41) is 15.0. The summed E-state index contributed by atoms with van der Waals surface area (Å²) in [5.41, 5.74) is 5.12. The second kappa shape index (κ2) is 10.0. The van der Waals surface area contributed by atoms with Gasteiger partial charge in [-0.2, -0.15) is 5.26 Å². The number of amides is 1. The number of fused-ring (bicyclic) bond motifs is 1. The van der Waals surface area contributed by atoms with E-state index in [0.29, 0.717) is 21.2 Å². The van der Waals surface area contributed by atoms with E-state index < -0.39 is 11.9 Å². The molecular weight excluding hydrogens is 456 g/mol. The highest BCUT2D eigenvalue weighted by molar-refractivity contribution is 7.15. The summed E-state index contributed by atoms with van der Waals surface area (Å²) in [6.45, 7) is 0. The molecule has 1 aromatic heterocycles. The number of hydrogen-bond donors (Lipinski definition) is 1. The Bertz CT molecular complexity index is 1290. The summed E-state index contributed by atoms with van der Waals surface area (Å²) in [4.78, 5) is 25.5. The van der Waals surface area contributed by atoms with Crippen molar-refractivity contribution in [1.29, 1.82) is 5.26 Å². The molecule has 2 aromatic carbocycles. The molecule has 166 valence electrons. The van der Waals surface area contributed by atoms with Crippen LogP contribution in [0.15, 0.2) is 53.4 Å². The standard InChI is InChI=1S/C26H21ClN2O3S/c1-32-26(31)23-22(19-9-8-17-4-2-3-5-18(17)13-19)15-33-25(23)29-24(30)20(14-28)12-16-6-10-21(27)11-7-16/h6-13,15H,2-5H2,1H3,(H,29,30)/b20-12+. The highest BCUT2D eigenvalue weighted by atomic mass is 35.5. The smallest absolute Gasteiger partial charge is 0.341 e. The largest absolute Gasteiger partial charge is 0.465 e. The van der Waals surface area contributed by atoms with Gasteiger partial charge in [0.25, 0.3) is 5.91 Å². The number of halogens is 1. The van der Waals surface area contributed by atoms with Gasteiger partial charge in [-0.15, -0.1) is 11.3 Å². The number of thiophene rings is 1. The van der Waals surface area contributed by atoms with Crippen LogP contribution in [0.4, 0.5) is 5.00 Å². The Balaban J connectivity index is 1.66. The van der Waals surface area contributed by atoms with Crippen LogP contribution in [0.2, 0.25) is 5.02 Å². The third-order valence-electron chi connectivity index (χ3n) is 5.61. The molecule has 1 N–H and O–H groups in total. The number of nitrogens with zero attached hydrogens (tertiary/aromatic N) is 1. The SMILES string of the molecule is COC(=O)c1c(-c2ccc3c(c2)CCCC3)csc1NC(=O)/C(C#N)=C/c1ccc(Cl)cc1. The van der Waals surface area contributed by atoms with Crippen LogP contribution in [0.5, 0.6) is 0 Å². The van der Waals surface area contributed by atoms with Crippen LogP contribution in [0.25, 0.3) is 17.2 Å². The van der Waals surface area contributed by atoms with E-state index in [-0.39, 0.29) is 11.1 Å². The number of esters is 1. The van der Waals surface area contributed by atoms with Crippen LogP contribution >= 0.6 is 22.9 Å². The Morgan fingerprint density at radius 3 is 2.55 bits per heavy atom. The van der Waals surface area contributed by atoms with Crippen molar-refractivity contribution in [3.8, 4) is 17.2 Å². The molecule has 5 nitrogen and oxygen atoms in total. The predicted molar refractivity (Wildman–Crippen MR) is 131 cm³/mol. The fourth-order valence-electron chi connectivity index (χ4n) is 3.91. The van der Waals surface area contributed by atoms with E-state index >= 15 is 0 Å². The molecule has 1 aliphatic carbocycles. The summed E-state index contributed by atoms with van der Waals surface area (Å²) >= 11 is 7.13. The third kappa shape index (κ3) is 5.00. The molecule has 1 amide bonds. The van der Waals surface area contributed by atoms with Crippen LogP contribution in [0.1, 0.15) is 39.9 Å². The summed E-state index contributed by atoms with van der Waals surface area (Å²) < 4.78 is 5.01. The van der Waals surface area contributed by atoms with Gasteiger partial charge in [0.2, 0.25) is 0 Å². The number of ether oxygens (including phenoxy) is 1. The molecule has 0 saturated carbocycles. The Kier molecular flexibility index (Phi) is 6.93. The fraction of sp³-hybridized carbons (Fsp3) is 0.192. The van der Waals surface area contributed by atoms with Gasteiger partial charge in [-0.25, -0.2) is 4.79 Å². The first-order chi connectivity index (χ1) is 16.0. The van der Waals surface area contributed by atoms with Gasteiger partial charge in [0.15, 0.2) is 0 Å². The van der Waals surface area contributed by atoms with Gasteiger partial charge in [-0.05, 0) is 66.1 Å². The summed E-state index contributed by atoms with van der Waals surface area (Å²) in [5.74, 6) is -1.14. The number of rotatable bonds is 5. The summed E-state index contributed by atoms with van der Waals surface area (Å²) in [6, 6.07) is 15.0. The van der Waals surface area contributed by atoms with Crippen molar-refractivity contribution in [3.05, 3.63) is 80.7 Å². The second-order valence-corrected chi connectivity index (χ2v) is 9.03. The maximum Gasteiger partial charge on any atom is 0.341 e. The Morgan fingerprint density at radius 1 is 1.12 bits per heavy atom. The molecule has 7 heteroatoms. The first-order valence-electron chi connectivity index (χ1n) is 10.5. The molecule has 33 heavy (non-hydrogen) atoms. The lowest BCUT2D eigenvalue weighted by Gasteiger charge is -2.16. The summed E-state index contributed by atoms with van der Waals surface area (Å²) in [7, 11) is 1.31. The quantitative estimate of drug-likeness (QED) is 0.267. The summed E-state index contributed by atoms with van der Waals surface area (Å²) in [6.07, 6.45) is 5.91. The molecule has 0 bridgehead atoms. The fourth-order valence-corrected chi connectivity index (χ4v) is 4.99. The number of carbonyl (C=O) groups excluding carboxylic acids is 2. The van der Waals surface area contributed by atoms with Gasteiger partial charge >= 0.3 is 5.97 Å². The lowest BCUT2D eigenvalue weighted by Crippen LogP contribution is -2.15. The minimum atomic E-state index is -0.601. The maximum atomic E-state index is 12.8. The van der Waals surface area contributed by atoms with Gasteiger partial charge < -0.3 is 10.1 Å². The predicted octanol–water partition coefficient (Wildman–Crippen LogP) is 6.28. The number of nitrogens with one attached hydrogen (secondary N) is 1. The van der Waals surface area contributed by atoms with Crippen LogP contribution in [-0.2, 0) is 22.4 Å². The molecule has 0 fully saturated rings. The molecule has 4 rings (SSSR count). The molecule has 0 unspecified atom stereocenters. The minimum absolute atomic E-state index is 0.0862. The third-order valence-corrected chi connectivity index (χ3v) is 6.76. The molecule has 0 radical (unpaired) electrons. The normalized spacial score (nSPS) is 13.1.